The molecule has 0 aliphatic carbocycles. The summed E-state index contributed by atoms with van der Waals surface area (Å²) >= 11 is 0. The largest absolute Gasteiger partial charge is 0.416 e. The monoisotopic (exact) mass is 483 g/mol. The molecular weight excluding hydrogens is 459 g/mol. The van der Waals surface area contributed by atoms with Crippen molar-refractivity contribution in [1.82, 2.24) is 4.72 Å². The van der Waals surface area contributed by atoms with Crippen molar-refractivity contribution in [3.8, 4) is 0 Å². The lowest BCUT2D eigenvalue weighted by Crippen LogP contribution is -2.40. The third-order valence-corrected chi connectivity index (χ3v) is 6.59. The summed E-state index contributed by atoms with van der Waals surface area (Å²) in [7, 11) is -3.82. The van der Waals surface area contributed by atoms with E-state index < -0.39 is 45.0 Å². The molecule has 2 aromatic rings. The van der Waals surface area contributed by atoms with Crippen molar-refractivity contribution < 1.29 is 31.2 Å². The fourth-order valence-electron chi connectivity index (χ4n) is 3.43. The van der Waals surface area contributed by atoms with Gasteiger partial charge in [-0.3, -0.25) is 9.59 Å². The van der Waals surface area contributed by atoms with Crippen LogP contribution in [0.4, 0.5) is 24.5 Å². The molecule has 0 spiro atoms. The van der Waals surface area contributed by atoms with Crippen molar-refractivity contribution in [2.75, 3.05) is 16.8 Å². The van der Waals surface area contributed by atoms with Gasteiger partial charge in [-0.25, -0.2) is 13.1 Å². The maximum absolute atomic E-state index is 13.0. The number of hydrogen-bond acceptors (Lipinski definition) is 4. The molecule has 7 nitrogen and oxygen atoms in total. The number of benzene rings is 2. The van der Waals surface area contributed by atoms with Crippen molar-refractivity contribution in [2.45, 2.75) is 43.8 Å². The second-order valence-electron chi connectivity index (χ2n) is 8.83. The van der Waals surface area contributed by atoms with E-state index in [4.69, 9.17) is 0 Å². The van der Waals surface area contributed by atoms with Gasteiger partial charge in [0, 0.05) is 29.9 Å². The van der Waals surface area contributed by atoms with Gasteiger partial charge in [-0.05, 0) is 57.2 Å². The number of halogens is 3. The molecule has 0 saturated carbocycles. The molecule has 11 heteroatoms. The molecule has 1 aliphatic heterocycles. The van der Waals surface area contributed by atoms with Crippen LogP contribution in [0.3, 0.4) is 0 Å². The Morgan fingerprint density at radius 3 is 2.36 bits per heavy atom. The van der Waals surface area contributed by atoms with Gasteiger partial charge < -0.3 is 10.2 Å². The molecule has 3 rings (SSSR count). The SMILES string of the molecule is CC(C)(C)NS(=O)(=O)c1cccc(NC(=O)C2CC(=O)N(c3cccc(C(F)(F)F)c3)C2)c1. The van der Waals surface area contributed by atoms with Gasteiger partial charge in [0.15, 0.2) is 0 Å². The van der Waals surface area contributed by atoms with Crippen molar-refractivity contribution in [2.24, 2.45) is 5.92 Å². The molecule has 0 radical (unpaired) electrons. The maximum Gasteiger partial charge on any atom is 0.416 e. The molecule has 0 bridgehead atoms. The zero-order valence-corrected chi connectivity index (χ0v) is 19.0. The average Bonchev–Trinajstić information content (AvgIpc) is 3.08. The number of anilines is 2. The molecule has 1 fully saturated rings. The number of alkyl halides is 3. The van der Waals surface area contributed by atoms with E-state index >= 15 is 0 Å². The van der Waals surface area contributed by atoms with Crippen molar-refractivity contribution in [1.29, 1.82) is 0 Å². The van der Waals surface area contributed by atoms with Crippen LogP contribution in [0.15, 0.2) is 53.4 Å². The van der Waals surface area contributed by atoms with Gasteiger partial charge in [0.2, 0.25) is 21.8 Å². The summed E-state index contributed by atoms with van der Waals surface area (Å²) in [6.45, 7) is 5.01. The van der Waals surface area contributed by atoms with Crippen LogP contribution in [0, 0.1) is 5.92 Å². The van der Waals surface area contributed by atoms with Crippen LogP contribution in [0.5, 0.6) is 0 Å². The third kappa shape index (κ3) is 6.11. The quantitative estimate of drug-likeness (QED) is 0.677. The first-order chi connectivity index (χ1) is 15.2. The fraction of sp³-hybridized carbons (Fsp3) is 0.364. The van der Waals surface area contributed by atoms with Crippen molar-refractivity contribution >= 4 is 33.2 Å². The molecule has 1 atom stereocenters. The molecule has 1 unspecified atom stereocenters. The highest BCUT2D eigenvalue weighted by Gasteiger charge is 2.37. The van der Waals surface area contributed by atoms with Crippen LogP contribution in [-0.4, -0.2) is 32.3 Å². The van der Waals surface area contributed by atoms with Crippen molar-refractivity contribution in [3.05, 3.63) is 54.1 Å². The summed E-state index contributed by atoms with van der Waals surface area (Å²) in [5.41, 5.74) is -1.30. The predicted octanol–water partition coefficient (Wildman–Crippen LogP) is 3.77. The molecule has 1 saturated heterocycles. The number of carbonyl (C=O) groups excluding carboxylic acids is 2. The first-order valence-corrected chi connectivity index (χ1v) is 11.6. The molecule has 2 amide bonds. The normalized spacial score (nSPS) is 17.3. The van der Waals surface area contributed by atoms with E-state index in [9.17, 15) is 31.2 Å². The number of nitrogens with zero attached hydrogens (tertiary/aromatic N) is 1. The Hall–Kier alpha value is -2.92. The predicted molar refractivity (Wildman–Crippen MR) is 117 cm³/mol. The van der Waals surface area contributed by atoms with Gasteiger partial charge in [-0.2, -0.15) is 13.2 Å². The van der Waals surface area contributed by atoms with E-state index in [0.29, 0.717) is 0 Å². The second-order valence-corrected chi connectivity index (χ2v) is 10.5. The standard InChI is InChI=1S/C22H24F3N3O4S/c1-21(2,3)27-33(31,32)18-9-5-7-16(12-18)26-20(30)14-10-19(29)28(13-14)17-8-4-6-15(11-17)22(23,24)25/h4-9,11-12,14,27H,10,13H2,1-3H3,(H,26,30). The van der Waals surface area contributed by atoms with Crippen LogP contribution in [-0.2, 0) is 25.8 Å². The lowest BCUT2D eigenvalue weighted by molar-refractivity contribution is -0.137. The summed E-state index contributed by atoms with van der Waals surface area (Å²) in [6, 6.07) is 10.0. The Morgan fingerprint density at radius 2 is 1.73 bits per heavy atom. The lowest BCUT2D eigenvalue weighted by atomic mass is 10.1. The van der Waals surface area contributed by atoms with Crippen LogP contribution in [0.2, 0.25) is 0 Å². The van der Waals surface area contributed by atoms with Gasteiger partial charge in [0.25, 0.3) is 0 Å². The van der Waals surface area contributed by atoms with E-state index in [2.05, 4.69) is 10.0 Å². The van der Waals surface area contributed by atoms with E-state index in [-0.39, 0.29) is 29.2 Å². The van der Waals surface area contributed by atoms with Gasteiger partial charge in [-0.15, -0.1) is 0 Å². The average molecular weight is 484 g/mol. The number of sulfonamides is 1. The minimum absolute atomic E-state index is 0.0386. The van der Waals surface area contributed by atoms with Gasteiger partial charge >= 0.3 is 6.18 Å². The van der Waals surface area contributed by atoms with E-state index in [1.54, 1.807) is 20.8 Å². The highest BCUT2D eigenvalue weighted by atomic mass is 32.2. The minimum atomic E-state index is -4.55. The Balaban J connectivity index is 1.73. The van der Waals surface area contributed by atoms with E-state index in [1.807, 2.05) is 0 Å². The molecule has 2 aromatic carbocycles. The number of rotatable bonds is 5. The third-order valence-electron chi connectivity index (χ3n) is 4.83. The molecule has 178 valence electrons. The topological polar surface area (TPSA) is 95.6 Å². The van der Waals surface area contributed by atoms with Crippen LogP contribution in [0.25, 0.3) is 0 Å². The maximum atomic E-state index is 13.0. The number of carbonyl (C=O) groups is 2. The Bertz CT molecular complexity index is 1170. The smallest absolute Gasteiger partial charge is 0.326 e. The molecule has 0 aromatic heterocycles. The Morgan fingerprint density at radius 1 is 1.06 bits per heavy atom. The van der Waals surface area contributed by atoms with Gasteiger partial charge in [0.1, 0.15) is 0 Å². The molecular formula is C22H24F3N3O4S. The Kier molecular flexibility index (Phi) is 6.58. The minimum Gasteiger partial charge on any atom is -0.326 e. The van der Waals surface area contributed by atoms with E-state index in [1.165, 1.54) is 36.4 Å². The first kappa shape index (κ1) is 24.7. The molecule has 1 heterocycles. The summed E-state index contributed by atoms with van der Waals surface area (Å²) in [5, 5.41) is 2.60. The van der Waals surface area contributed by atoms with Crippen LogP contribution < -0.4 is 14.9 Å². The van der Waals surface area contributed by atoms with Crippen LogP contribution >= 0.6 is 0 Å². The number of amides is 2. The van der Waals surface area contributed by atoms with Gasteiger partial charge in [-0.1, -0.05) is 12.1 Å². The van der Waals surface area contributed by atoms with Crippen molar-refractivity contribution in [3.63, 3.8) is 0 Å². The summed E-state index contributed by atoms with van der Waals surface area (Å²) in [5.74, 6) is -1.81. The van der Waals surface area contributed by atoms with Crippen LogP contribution in [0.1, 0.15) is 32.8 Å². The fourth-order valence-corrected chi connectivity index (χ4v) is 4.89. The summed E-state index contributed by atoms with van der Waals surface area (Å²) in [4.78, 5) is 26.2. The highest BCUT2D eigenvalue weighted by Crippen LogP contribution is 2.33. The first-order valence-electron chi connectivity index (χ1n) is 10.1. The number of nitrogens with one attached hydrogen (secondary N) is 2. The molecule has 33 heavy (non-hydrogen) atoms. The summed E-state index contributed by atoms with van der Waals surface area (Å²) < 4.78 is 66.6. The zero-order chi connectivity index (χ0) is 24.6. The number of hydrogen-bond donors (Lipinski definition) is 2. The van der Waals surface area contributed by atoms with Gasteiger partial charge in [0.05, 0.1) is 16.4 Å². The highest BCUT2D eigenvalue weighted by molar-refractivity contribution is 7.89. The summed E-state index contributed by atoms with van der Waals surface area (Å²) in [6.07, 6.45) is -4.73. The molecule has 2 N–H and O–H groups in total. The van der Waals surface area contributed by atoms with E-state index in [0.717, 1.165) is 17.0 Å². The molecule has 1 aliphatic rings. The zero-order valence-electron chi connectivity index (χ0n) is 18.2. The lowest BCUT2D eigenvalue weighted by Gasteiger charge is -2.20. The Labute approximate surface area is 190 Å². The second kappa shape index (κ2) is 8.79.